The Kier molecular flexibility index (Phi) is 1.92. The first-order valence-electron chi connectivity index (χ1n) is 2.30. The smallest absolute Gasteiger partial charge is 0.103 e. The highest BCUT2D eigenvalue weighted by Gasteiger charge is 1.82. The van der Waals surface area contributed by atoms with Crippen LogP contribution in [0.1, 0.15) is 0 Å². The molecule has 0 amide bonds. The van der Waals surface area contributed by atoms with Gasteiger partial charge in [0, 0.05) is 11.1 Å². The third-order valence-electron chi connectivity index (χ3n) is 0.803. The molecule has 1 nitrogen and oxygen atoms in total. The Labute approximate surface area is 53.1 Å². The summed E-state index contributed by atoms with van der Waals surface area (Å²) in [5.41, 5.74) is 0. The van der Waals surface area contributed by atoms with E-state index in [1.54, 1.807) is 18.0 Å². The first-order chi connectivity index (χ1) is 3.93. The van der Waals surface area contributed by atoms with Gasteiger partial charge in [-0.1, -0.05) is 0 Å². The summed E-state index contributed by atoms with van der Waals surface area (Å²) in [6, 6.07) is 3.89. The summed E-state index contributed by atoms with van der Waals surface area (Å²) in [5.74, 6) is 0. The van der Waals surface area contributed by atoms with E-state index < -0.39 is 0 Å². The van der Waals surface area contributed by atoms with Gasteiger partial charge in [-0.25, -0.2) is 0 Å². The van der Waals surface area contributed by atoms with Crippen LogP contribution in [0.4, 0.5) is 0 Å². The zero-order valence-electron chi connectivity index (χ0n) is 4.59. The van der Waals surface area contributed by atoms with E-state index in [9.17, 15) is 0 Å². The largest absolute Gasteiger partial charge is 0.253 e. The normalized spacial score (nSPS) is 9.12. The SMILES string of the molecule is CSc1[c]nccc1. The molecule has 41 valence electrons. The van der Waals surface area contributed by atoms with Crippen molar-refractivity contribution in [1.82, 2.24) is 4.98 Å². The van der Waals surface area contributed by atoms with Gasteiger partial charge in [0.25, 0.3) is 0 Å². The van der Waals surface area contributed by atoms with Gasteiger partial charge in [-0.2, -0.15) is 0 Å². The maximum absolute atomic E-state index is 3.81. The average Bonchev–Trinajstić information content (AvgIpc) is 1.90. The molecule has 0 fully saturated rings. The third-order valence-corrected chi connectivity index (χ3v) is 1.47. The van der Waals surface area contributed by atoms with E-state index in [0.29, 0.717) is 0 Å². The molecule has 0 aliphatic rings. The van der Waals surface area contributed by atoms with Crippen LogP contribution in [-0.2, 0) is 0 Å². The molecule has 1 heterocycles. The molecule has 0 aliphatic heterocycles. The second-order valence-electron chi connectivity index (χ2n) is 1.32. The zero-order valence-corrected chi connectivity index (χ0v) is 5.40. The van der Waals surface area contributed by atoms with Crippen LogP contribution in [0.25, 0.3) is 0 Å². The van der Waals surface area contributed by atoms with E-state index in [2.05, 4.69) is 11.2 Å². The summed E-state index contributed by atoms with van der Waals surface area (Å²) in [6.45, 7) is 0. The Bertz CT molecular complexity index is 150. The summed E-state index contributed by atoms with van der Waals surface area (Å²) in [6.07, 6.45) is 6.56. The van der Waals surface area contributed by atoms with Crippen LogP contribution in [0, 0.1) is 6.20 Å². The number of pyridine rings is 1. The lowest BCUT2D eigenvalue weighted by Gasteiger charge is -1.87. The number of hydrogen-bond acceptors (Lipinski definition) is 2. The predicted octanol–water partition coefficient (Wildman–Crippen LogP) is 1.60. The minimum atomic E-state index is 1.09. The standard InChI is InChI=1S/C6H6NS/c1-8-6-3-2-4-7-5-6/h2-4H,1H3. The molecule has 1 aromatic rings. The van der Waals surface area contributed by atoms with Crippen molar-refractivity contribution in [2.45, 2.75) is 4.90 Å². The van der Waals surface area contributed by atoms with Crippen LogP contribution in [0.2, 0.25) is 0 Å². The van der Waals surface area contributed by atoms with Crippen molar-refractivity contribution in [2.75, 3.05) is 6.26 Å². The van der Waals surface area contributed by atoms with Gasteiger partial charge in [-0.3, -0.25) is 4.98 Å². The predicted molar refractivity (Wildman–Crippen MR) is 34.9 cm³/mol. The number of aromatic nitrogens is 1. The van der Waals surface area contributed by atoms with E-state index in [4.69, 9.17) is 0 Å². The molecular weight excluding hydrogens is 118 g/mol. The van der Waals surface area contributed by atoms with Crippen LogP contribution >= 0.6 is 11.8 Å². The Morgan fingerprint density at radius 1 is 1.75 bits per heavy atom. The van der Waals surface area contributed by atoms with Gasteiger partial charge in [0.2, 0.25) is 0 Å². The second-order valence-corrected chi connectivity index (χ2v) is 2.17. The number of hydrogen-bond donors (Lipinski definition) is 0. The Morgan fingerprint density at radius 2 is 2.62 bits per heavy atom. The minimum Gasteiger partial charge on any atom is -0.253 e. The maximum atomic E-state index is 3.81. The number of thioether (sulfide) groups is 1. The van der Waals surface area contributed by atoms with Crippen molar-refractivity contribution < 1.29 is 0 Å². The summed E-state index contributed by atoms with van der Waals surface area (Å²) in [5, 5.41) is 0. The van der Waals surface area contributed by atoms with Crippen molar-refractivity contribution in [3.8, 4) is 0 Å². The second kappa shape index (κ2) is 2.72. The monoisotopic (exact) mass is 124 g/mol. The lowest BCUT2D eigenvalue weighted by atomic mass is 10.5. The van der Waals surface area contributed by atoms with Crippen LogP contribution in [0.3, 0.4) is 0 Å². The number of rotatable bonds is 1. The average molecular weight is 124 g/mol. The van der Waals surface area contributed by atoms with Gasteiger partial charge in [-0.15, -0.1) is 11.8 Å². The highest BCUT2D eigenvalue weighted by atomic mass is 32.2. The molecule has 0 N–H and O–H groups in total. The van der Waals surface area contributed by atoms with E-state index in [1.807, 2.05) is 18.4 Å². The quantitative estimate of drug-likeness (QED) is 0.527. The molecule has 0 saturated carbocycles. The van der Waals surface area contributed by atoms with Crippen LogP contribution in [0.15, 0.2) is 23.2 Å². The fourth-order valence-corrected chi connectivity index (χ4v) is 0.784. The van der Waals surface area contributed by atoms with Crippen LogP contribution in [-0.4, -0.2) is 11.2 Å². The molecule has 0 aromatic carbocycles. The number of nitrogens with zero attached hydrogens (tertiary/aromatic N) is 1. The lowest BCUT2D eigenvalue weighted by molar-refractivity contribution is 1.22. The van der Waals surface area contributed by atoms with Crippen molar-refractivity contribution >= 4 is 11.8 Å². The van der Waals surface area contributed by atoms with Gasteiger partial charge in [0.05, 0.1) is 0 Å². The molecule has 1 radical (unpaired) electrons. The van der Waals surface area contributed by atoms with Crippen LogP contribution < -0.4 is 0 Å². The molecule has 0 aliphatic carbocycles. The summed E-state index contributed by atoms with van der Waals surface area (Å²) in [7, 11) is 0. The molecule has 1 rings (SSSR count). The zero-order chi connectivity index (χ0) is 5.82. The highest BCUT2D eigenvalue weighted by Crippen LogP contribution is 2.09. The molecule has 0 bridgehead atoms. The first-order valence-corrected chi connectivity index (χ1v) is 3.52. The molecule has 0 unspecified atom stereocenters. The van der Waals surface area contributed by atoms with E-state index in [1.165, 1.54) is 0 Å². The molecule has 0 spiro atoms. The van der Waals surface area contributed by atoms with Crippen molar-refractivity contribution in [1.29, 1.82) is 0 Å². The molecule has 0 atom stereocenters. The summed E-state index contributed by atoms with van der Waals surface area (Å²) >= 11 is 1.65. The van der Waals surface area contributed by atoms with Crippen LogP contribution in [0.5, 0.6) is 0 Å². The summed E-state index contributed by atoms with van der Waals surface area (Å²) < 4.78 is 0. The topological polar surface area (TPSA) is 12.9 Å². The fourth-order valence-electron chi connectivity index (χ4n) is 0.425. The highest BCUT2D eigenvalue weighted by molar-refractivity contribution is 7.98. The first kappa shape index (κ1) is 5.63. The van der Waals surface area contributed by atoms with E-state index >= 15 is 0 Å². The Hall–Kier alpha value is -0.500. The fraction of sp³-hybridized carbons (Fsp3) is 0.167. The summed E-state index contributed by atoms with van der Waals surface area (Å²) in [4.78, 5) is 4.90. The van der Waals surface area contributed by atoms with Gasteiger partial charge in [-0.05, 0) is 18.4 Å². The van der Waals surface area contributed by atoms with Crippen molar-refractivity contribution in [3.05, 3.63) is 24.5 Å². The van der Waals surface area contributed by atoms with Crippen molar-refractivity contribution in [2.24, 2.45) is 0 Å². The van der Waals surface area contributed by atoms with E-state index in [0.717, 1.165) is 4.90 Å². The third kappa shape index (κ3) is 1.23. The maximum Gasteiger partial charge on any atom is 0.103 e. The van der Waals surface area contributed by atoms with E-state index in [-0.39, 0.29) is 0 Å². The lowest BCUT2D eigenvalue weighted by Crippen LogP contribution is -1.70. The minimum absolute atomic E-state index is 1.09. The molecule has 1 aromatic heterocycles. The molecule has 0 saturated heterocycles. The molecular formula is C6H6NS. The molecule has 2 heteroatoms. The Morgan fingerprint density at radius 3 is 3.00 bits per heavy atom. The molecule has 8 heavy (non-hydrogen) atoms. The van der Waals surface area contributed by atoms with Gasteiger partial charge >= 0.3 is 0 Å². The van der Waals surface area contributed by atoms with Gasteiger partial charge in [0.15, 0.2) is 0 Å². The van der Waals surface area contributed by atoms with Crippen molar-refractivity contribution in [3.63, 3.8) is 0 Å². The van der Waals surface area contributed by atoms with Gasteiger partial charge in [0.1, 0.15) is 6.20 Å². The van der Waals surface area contributed by atoms with Gasteiger partial charge < -0.3 is 0 Å². The Balaban J connectivity index is 2.83.